The zero-order valence-electron chi connectivity index (χ0n) is 20.3. The first-order valence-electron chi connectivity index (χ1n) is 11.6. The zero-order chi connectivity index (χ0) is 25.8. The van der Waals surface area contributed by atoms with Gasteiger partial charge in [0.05, 0.1) is 12.7 Å². The molecule has 0 fully saturated rings. The molecule has 2 heterocycles. The summed E-state index contributed by atoms with van der Waals surface area (Å²) in [6.07, 6.45) is 1.43. The third-order valence-corrected chi connectivity index (χ3v) is 6.56. The lowest BCUT2D eigenvalue weighted by Gasteiger charge is -2.20. The number of thioether (sulfide) groups is 1. The van der Waals surface area contributed by atoms with Crippen LogP contribution in [0.25, 0.3) is 6.08 Å². The van der Waals surface area contributed by atoms with Gasteiger partial charge in [-0.3, -0.25) is 10.2 Å². The number of nitrogens with zero attached hydrogens (tertiary/aromatic N) is 3. The van der Waals surface area contributed by atoms with E-state index in [4.69, 9.17) is 19.6 Å². The van der Waals surface area contributed by atoms with Crippen molar-refractivity contribution in [3.63, 3.8) is 0 Å². The van der Waals surface area contributed by atoms with Crippen molar-refractivity contribution in [3.8, 4) is 17.2 Å². The monoisotopic (exact) mass is 512 g/mol. The van der Waals surface area contributed by atoms with E-state index in [1.165, 1.54) is 16.8 Å². The Morgan fingerprint density at radius 2 is 1.76 bits per heavy atom. The second kappa shape index (κ2) is 10.7. The molecule has 186 valence electrons. The quantitative estimate of drug-likeness (QED) is 0.399. The van der Waals surface area contributed by atoms with Gasteiger partial charge in [0, 0.05) is 0 Å². The third kappa shape index (κ3) is 5.41. The number of carbonyl (C=O) groups is 1. The molecule has 1 atom stereocenters. The summed E-state index contributed by atoms with van der Waals surface area (Å²) in [4.78, 5) is 16.9. The highest BCUT2D eigenvalue weighted by Crippen LogP contribution is 2.34. The summed E-state index contributed by atoms with van der Waals surface area (Å²) in [6, 6.07) is 24.6. The Kier molecular flexibility index (Phi) is 7.04. The highest BCUT2D eigenvalue weighted by Gasteiger charge is 2.35. The van der Waals surface area contributed by atoms with E-state index in [9.17, 15) is 4.79 Å². The summed E-state index contributed by atoms with van der Waals surface area (Å²) >= 11 is 1.22. The van der Waals surface area contributed by atoms with E-state index >= 15 is 0 Å². The number of amidine groups is 2. The summed E-state index contributed by atoms with van der Waals surface area (Å²) in [5, 5.41) is 15.4. The number of carbonyl (C=O) groups excluding carboxylic acids is 1. The topological polar surface area (TPSA) is 96.6 Å². The fourth-order valence-corrected chi connectivity index (χ4v) is 4.57. The van der Waals surface area contributed by atoms with Crippen LogP contribution in [0.3, 0.4) is 0 Å². The molecule has 0 aliphatic carbocycles. The van der Waals surface area contributed by atoms with Crippen molar-refractivity contribution in [1.29, 1.82) is 5.41 Å². The van der Waals surface area contributed by atoms with Gasteiger partial charge in [0.2, 0.25) is 5.17 Å². The molecule has 0 radical (unpaired) electrons. The lowest BCUT2D eigenvalue weighted by molar-refractivity contribution is -0.114. The normalized spacial score (nSPS) is 16.7. The maximum atomic E-state index is 12.8. The second-order valence-corrected chi connectivity index (χ2v) is 9.24. The molecule has 5 rings (SSSR count). The van der Waals surface area contributed by atoms with Crippen molar-refractivity contribution < 1.29 is 19.0 Å². The number of fused-ring (bicyclic) bond motifs is 1. The molecule has 3 aromatic rings. The van der Waals surface area contributed by atoms with Crippen molar-refractivity contribution in [2.75, 3.05) is 13.7 Å². The number of rotatable bonds is 8. The molecular weight excluding hydrogens is 488 g/mol. The number of hydrogen-bond donors (Lipinski definition) is 1. The number of para-hydroxylation sites is 1. The molecule has 0 unspecified atom stereocenters. The van der Waals surface area contributed by atoms with Crippen LogP contribution in [0.4, 0.5) is 0 Å². The fourth-order valence-electron chi connectivity index (χ4n) is 3.77. The summed E-state index contributed by atoms with van der Waals surface area (Å²) in [6.45, 7) is 2.18. The Balaban J connectivity index is 1.32. The predicted octanol–water partition coefficient (Wildman–Crippen LogP) is 5.53. The van der Waals surface area contributed by atoms with Gasteiger partial charge in [-0.25, -0.2) is 0 Å². The number of nitrogens with one attached hydrogen (secondary N) is 1. The molecule has 8 nitrogen and oxygen atoms in total. The average molecular weight is 513 g/mol. The summed E-state index contributed by atoms with van der Waals surface area (Å²) in [5.74, 6) is 1.26. The van der Waals surface area contributed by atoms with Crippen LogP contribution in [0.1, 0.15) is 24.2 Å². The van der Waals surface area contributed by atoms with Crippen LogP contribution >= 0.6 is 11.8 Å². The summed E-state index contributed by atoms with van der Waals surface area (Å²) < 4.78 is 17.4. The molecule has 3 aromatic carbocycles. The first-order valence-corrected chi connectivity index (χ1v) is 12.4. The minimum atomic E-state index is -0.499. The van der Waals surface area contributed by atoms with Crippen molar-refractivity contribution in [1.82, 2.24) is 5.01 Å². The highest BCUT2D eigenvalue weighted by molar-refractivity contribution is 8.27. The van der Waals surface area contributed by atoms with E-state index in [1.54, 1.807) is 25.3 Å². The molecule has 0 saturated carbocycles. The molecule has 1 amide bonds. The molecule has 37 heavy (non-hydrogen) atoms. The Hall–Kier alpha value is -4.37. The van der Waals surface area contributed by atoms with E-state index < -0.39 is 5.91 Å². The molecule has 2 aliphatic rings. The van der Waals surface area contributed by atoms with Crippen molar-refractivity contribution >= 4 is 39.8 Å². The Morgan fingerprint density at radius 1 is 1.03 bits per heavy atom. The SMILES string of the molecule is COc1cc(/C=C2/C(=N)N3N=C(COc4ccccc4)SC3=NC2=O)ccc1O[C@@H](C)c1ccccc1. The van der Waals surface area contributed by atoms with E-state index in [2.05, 4.69) is 10.1 Å². The molecule has 9 heteroatoms. The number of methoxy groups -OCH3 is 1. The van der Waals surface area contributed by atoms with Gasteiger partial charge in [-0.15, -0.1) is 0 Å². The number of amides is 1. The van der Waals surface area contributed by atoms with Crippen LogP contribution in [-0.4, -0.2) is 40.7 Å². The molecule has 0 saturated heterocycles. The predicted molar refractivity (Wildman–Crippen MR) is 145 cm³/mol. The lowest BCUT2D eigenvalue weighted by atomic mass is 10.1. The van der Waals surface area contributed by atoms with Gasteiger partial charge in [-0.2, -0.15) is 15.1 Å². The van der Waals surface area contributed by atoms with Gasteiger partial charge in [-0.1, -0.05) is 54.6 Å². The number of ether oxygens (including phenoxy) is 3. The molecule has 1 N–H and O–H groups in total. The van der Waals surface area contributed by atoms with Crippen molar-refractivity contribution in [2.24, 2.45) is 10.1 Å². The highest BCUT2D eigenvalue weighted by atomic mass is 32.2. The number of benzene rings is 3. The van der Waals surface area contributed by atoms with Gasteiger partial charge in [0.15, 0.2) is 17.3 Å². The molecule has 0 aromatic heterocycles. The van der Waals surface area contributed by atoms with Gasteiger partial charge in [0.1, 0.15) is 23.5 Å². The fraction of sp³-hybridized carbons (Fsp3) is 0.143. The minimum absolute atomic E-state index is 0.0470. The molecule has 2 aliphatic heterocycles. The summed E-state index contributed by atoms with van der Waals surface area (Å²) in [7, 11) is 1.56. The minimum Gasteiger partial charge on any atom is -0.493 e. The largest absolute Gasteiger partial charge is 0.493 e. The molecule has 0 spiro atoms. The number of hydrazone groups is 1. The van der Waals surface area contributed by atoms with Gasteiger partial charge >= 0.3 is 0 Å². The van der Waals surface area contributed by atoms with E-state index in [-0.39, 0.29) is 24.1 Å². The van der Waals surface area contributed by atoms with E-state index in [0.29, 0.717) is 33.0 Å². The molecule has 0 bridgehead atoms. The van der Waals surface area contributed by atoms with Crippen LogP contribution in [0, 0.1) is 5.41 Å². The molecular formula is C28H24N4O4S. The first-order chi connectivity index (χ1) is 18.0. The van der Waals surface area contributed by atoms with Crippen LogP contribution in [-0.2, 0) is 4.79 Å². The maximum Gasteiger partial charge on any atom is 0.283 e. The second-order valence-electron chi connectivity index (χ2n) is 8.20. The van der Waals surface area contributed by atoms with Crippen LogP contribution < -0.4 is 14.2 Å². The van der Waals surface area contributed by atoms with Crippen molar-refractivity contribution in [2.45, 2.75) is 13.0 Å². The number of hydrogen-bond acceptors (Lipinski definition) is 7. The smallest absolute Gasteiger partial charge is 0.283 e. The standard InChI is InChI=1S/C28H24N4O4S/c1-18(20-9-5-3-6-10-20)36-23-14-13-19(16-24(23)34-2)15-22-26(29)32-28(30-27(22)33)37-25(31-32)17-35-21-11-7-4-8-12-21/h3-16,18,29H,17H2,1-2H3/b22-15-,29-26?/t18-/m0/s1. The Labute approximate surface area is 218 Å². The van der Waals surface area contributed by atoms with E-state index in [0.717, 1.165) is 5.56 Å². The number of aliphatic imine (C=N–C) groups is 1. The Morgan fingerprint density at radius 3 is 2.49 bits per heavy atom. The third-order valence-electron chi connectivity index (χ3n) is 5.67. The first kappa shape index (κ1) is 24.3. The van der Waals surface area contributed by atoms with Gasteiger partial charge in [-0.05, 0) is 60.2 Å². The summed E-state index contributed by atoms with van der Waals surface area (Å²) in [5.41, 5.74) is 1.85. The van der Waals surface area contributed by atoms with Crippen LogP contribution in [0.2, 0.25) is 0 Å². The lowest BCUT2D eigenvalue weighted by Crippen LogP contribution is -2.35. The zero-order valence-corrected chi connectivity index (χ0v) is 21.1. The van der Waals surface area contributed by atoms with Crippen LogP contribution in [0.15, 0.2) is 94.5 Å². The van der Waals surface area contributed by atoms with Gasteiger partial charge < -0.3 is 14.2 Å². The average Bonchev–Trinajstić information content (AvgIpc) is 3.34. The van der Waals surface area contributed by atoms with E-state index in [1.807, 2.05) is 73.7 Å². The Bertz CT molecular complexity index is 1420. The maximum absolute atomic E-state index is 12.8. The van der Waals surface area contributed by atoms with Crippen LogP contribution in [0.5, 0.6) is 17.2 Å². The van der Waals surface area contributed by atoms with Crippen molar-refractivity contribution in [3.05, 3.63) is 95.6 Å². The van der Waals surface area contributed by atoms with Gasteiger partial charge in [0.25, 0.3) is 5.91 Å².